The number of hydrogen-bond acceptors (Lipinski definition) is 1. The first-order chi connectivity index (χ1) is 7.15. The third-order valence-corrected chi connectivity index (χ3v) is 3.53. The van der Waals surface area contributed by atoms with Crippen LogP contribution < -0.4 is 5.73 Å². The first-order valence-corrected chi connectivity index (χ1v) is 6.13. The van der Waals surface area contributed by atoms with E-state index in [2.05, 4.69) is 22.5 Å². The molecule has 1 aromatic carbocycles. The van der Waals surface area contributed by atoms with Crippen LogP contribution in [0.2, 0.25) is 5.02 Å². The van der Waals surface area contributed by atoms with Crippen LogP contribution in [0.4, 0.5) is 0 Å². The lowest BCUT2D eigenvalue weighted by molar-refractivity contribution is 0.617. The largest absolute Gasteiger partial charge is 0.324 e. The number of allylic oxidation sites excluding steroid dienone is 1. The SMILES string of the molecule is C=CCCCC(N)c1ccc(Br)c(Cl)c1. The Kier molecular flexibility index (Phi) is 5.37. The summed E-state index contributed by atoms with van der Waals surface area (Å²) in [6, 6.07) is 5.93. The van der Waals surface area contributed by atoms with Gasteiger partial charge < -0.3 is 5.73 Å². The van der Waals surface area contributed by atoms with E-state index in [1.165, 1.54) is 0 Å². The zero-order valence-corrected chi connectivity index (χ0v) is 10.9. The van der Waals surface area contributed by atoms with Crippen molar-refractivity contribution in [1.82, 2.24) is 0 Å². The molecule has 1 aromatic rings. The Morgan fingerprint density at radius 2 is 2.27 bits per heavy atom. The molecular formula is C12H15BrClN. The number of halogens is 2. The Morgan fingerprint density at radius 3 is 2.87 bits per heavy atom. The molecule has 0 aromatic heterocycles. The highest BCUT2D eigenvalue weighted by atomic mass is 79.9. The second kappa shape index (κ2) is 6.31. The van der Waals surface area contributed by atoms with E-state index in [0.717, 1.165) is 29.3 Å². The minimum atomic E-state index is 0.0653. The van der Waals surface area contributed by atoms with Crippen molar-refractivity contribution in [3.63, 3.8) is 0 Å². The van der Waals surface area contributed by atoms with E-state index >= 15 is 0 Å². The maximum Gasteiger partial charge on any atom is 0.0551 e. The van der Waals surface area contributed by atoms with Gasteiger partial charge in [-0.1, -0.05) is 23.7 Å². The zero-order valence-electron chi connectivity index (χ0n) is 8.55. The summed E-state index contributed by atoms with van der Waals surface area (Å²) in [4.78, 5) is 0. The zero-order chi connectivity index (χ0) is 11.3. The maximum absolute atomic E-state index is 6.05. The van der Waals surface area contributed by atoms with Gasteiger partial charge in [0.05, 0.1) is 5.02 Å². The van der Waals surface area contributed by atoms with E-state index in [1.54, 1.807) is 0 Å². The van der Waals surface area contributed by atoms with E-state index in [9.17, 15) is 0 Å². The average Bonchev–Trinajstić information content (AvgIpc) is 2.22. The molecule has 0 aliphatic heterocycles. The van der Waals surface area contributed by atoms with Gasteiger partial charge in [-0.05, 0) is 52.9 Å². The molecule has 1 atom stereocenters. The predicted molar refractivity (Wildman–Crippen MR) is 70.1 cm³/mol. The van der Waals surface area contributed by atoms with Crippen molar-refractivity contribution in [2.75, 3.05) is 0 Å². The molecule has 0 saturated carbocycles. The van der Waals surface area contributed by atoms with Gasteiger partial charge >= 0.3 is 0 Å². The molecule has 1 rings (SSSR count). The number of hydrogen-bond donors (Lipinski definition) is 1. The molecule has 2 N–H and O–H groups in total. The van der Waals surface area contributed by atoms with Crippen LogP contribution in [0.15, 0.2) is 35.3 Å². The summed E-state index contributed by atoms with van der Waals surface area (Å²) in [5.74, 6) is 0. The van der Waals surface area contributed by atoms with Crippen molar-refractivity contribution in [3.05, 3.63) is 45.9 Å². The standard InChI is InChI=1S/C12H15BrClN/c1-2-3-4-5-12(15)9-6-7-10(13)11(14)8-9/h2,6-8,12H,1,3-5,15H2. The van der Waals surface area contributed by atoms with Gasteiger partial charge in [0.15, 0.2) is 0 Å². The first kappa shape index (κ1) is 12.8. The van der Waals surface area contributed by atoms with Gasteiger partial charge in [0.25, 0.3) is 0 Å². The summed E-state index contributed by atoms with van der Waals surface area (Å²) in [5, 5.41) is 0.715. The molecule has 15 heavy (non-hydrogen) atoms. The van der Waals surface area contributed by atoms with Crippen molar-refractivity contribution in [2.45, 2.75) is 25.3 Å². The summed E-state index contributed by atoms with van der Waals surface area (Å²) < 4.78 is 0.909. The Hall–Kier alpha value is -0.310. The van der Waals surface area contributed by atoms with E-state index < -0.39 is 0 Å². The minimum absolute atomic E-state index is 0.0653. The molecule has 0 spiro atoms. The number of benzene rings is 1. The van der Waals surface area contributed by atoms with E-state index in [1.807, 2.05) is 24.3 Å². The smallest absolute Gasteiger partial charge is 0.0551 e. The fraction of sp³-hybridized carbons (Fsp3) is 0.333. The number of unbranched alkanes of at least 4 members (excludes halogenated alkanes) is 1. The van der Waals surface area contributed by atoms with Crippen molar-refractivity contribution < 1.29 is 0 Å². The van der Waals surface area contributed by atoms with Crippen molar-refractivity contribution in [1.29, 1.82) is 0 Å². The number of rotatable bonds is 5. The van der Waals surface area contributed by atoms with Gasteiger partial charge in [-0.25, -0.2) is 0 Å². The topological polar surface area (TPSA) is 26.0 Å². The molecular weight excluding hydrogens is 273 g/mol. The number of nitrogens with two attached hydrogens (primary N) is 1. The van der Waals surface area contributed by atoms with Crippen LogP contribution >= 0.6 is 27.5 Å². The molecule has 1 nitrogen and oxygen atoms in total. The summed E-state index contributed by atoms with van der Waals surface area (Å²) in [7, 11) is 0. The van der Waals surface area contributed by atoms with E-state index in [-0.39, 0.29) is 6.04 Å². The summed E-state index contributed by atoms with van der Waals surface area (Å²) in [6.07, 6.45) is 4.96. The van der Waals surface area contributed by atoms with Crippen LogP contribution in [0.25, 0.3) is 0 Å². The van der Waals surface area contributed by atoms with Crippen LogP contribution in [0, 0.1) is 0 Å². The van der Waals surface area contributed by atoms with Crippen molar-refractivity contribution in [2.24, 2.45) is 5.73 Å². The lowest BCUT2D eigenvalue weighted by atomic mass is 10.0. The Labute approximate surface area is 104 Å². The highest BCUT2D eigenvalue weighted by Gasteiger charge is 2.07. The molecule has 0 saturated heterocycles. The lowest BCUT2D eigenvalue weighted by Crippen LogP contribution is -2.09. The molecule has 0 amide bonds. The Morgan fingerprint density at radius 1 is 1.53 bits per heavy atom. The summed E-state index contributed by atoms with van der Waals surface area (Å²) >= 11 is 9.36. The van der Waals surface area contributed by atoms with Crippen molar-refractivity contribution >= 4 is 27.5 Å². The normalized spacial score (nSPS) is 12.5. The van der Waals surface area contributed by atoms with Gasteiger partial charge in [0.1, 0.15) is 0 Å². The molecule has 0 aliphatic rings. The van der Waals surface area contributed by atoms with Gasteiger partial charge in [0.2, 0.25) is 0 Å². The molecule has 0 bridgehead atoms. The Balaban J connectivity index is 2.61. The Bertz CT molecular complexity index is 338. The quantitative estimate of drug-likeness (QED) is 0.628. The third kappa shape index (κ3) is 3.98. The monoisotopic (exact) mass is 287 g/mol. The predicted octanol–water partition coefficient (Wildman–Crippen LogP) is 4.46. The fourth-order valence-corrected chi connectivity index (χ4v) is 1.83. The molecule has 3 heteroatoms. The molecule has 0 heterocycles. The van der Waals surface area contributed by atoms with E-state index in [0.29, 0.717) is 5.02 Å². The van der Waals surface area contributed by atoms with Gasteiger partial charge in [-0.2, -0.15) is 0 Å². The van der Waals surface area contributed by atoms with Gasteiger partial charge in [-0.3, -0.25) is 0 Å². The average molecular weight is 289 g/mol. The highest BCUT2D eigenvalue weighted by Crippen LogP contribution is 2.26. The van der Waals surface area contributed by atoms with Crippen LogP contribution in [-0.2, 0) is 0 Å². The summed E-state index contributed by atoms with van der Waals surface area (Å²) in [5.41, 5.74) is 7.14. The van der Waals surface area contributed by atoms with Crippen LogP contribution in [0.5, 0.6) is 0 Å². The first-order valence-electron chi connectivity index (χ1n) is 4.96. The van der Waals surface area contributed by atoms with Crippen LogP contribution in [0.3, 0.4) is 0 Å². The molecule has 1 unspecified atom stereocenters. The second-order valence-electron chi connectivity index (χ2n) is 3.50. The van der Waals surface area contributed by atoms with E-state index in [4.69, 9.17) is 17.3 Å². The highest BCUT2D eigenvalue weighted by molar-refractivity contribution is 9.10. The second-order valence-corrected chi connectivity index (χ2v) is 4.76. The van der Waals surface area contributed by atoms with Crippen LogP contribution in [0.1, 0.15) is 30.9 Å². The van der Waals surface area contributed by atoms with Crippen LogP contribution in [-0.4, -0.2) is 0 Å². The summed E-state index contributed by atoms with van der Waals surface area (Å²) in [6.45, 7) is 3.69. The maximum atomic E-state index is 6.05. The van der Waals surface area contributed by atoms with Gasteiger partial charge in [-0.15, -0.1) is 6.58 Å². The molecule has 82 valence electrons. The fourth-order valence-electron chi connectivity index (χ4n) is 1.39. The van der Waals surface area contributed by atoms with Crippen molar-refractivity contribution in [3.8, 4) is 0 Å². The third-order valence-electron chi connectivity index (χ3n) is 2.30. The molecule has 0 aliphatic carbocycles. The molecule has 0 fully saturated rings. The molecule has 0 radical (unpaired) electrons. The lowest BCUT2D eigenvalue weighted by Gasteiger charge is -2.12. The minimum Gasteiger partial charge on any atom is -0.324 e. The van der Waals surface area contributed by atoms with Gasteiger partial charge in [0, 0.05) is 10.5 Å².